The first kappa shape index (κ1) is 22.5. The zero-order chi connectivity index (χ0) is 22.8. The molecule has 3 aliphatic heterocycles. The van der Waals surface area contributed by atoms with Gasteiger partial charge in [0.15, 0.2) is 0 Å². The number of nitrogens with zero attached hydrogens (tertiary/aromatic N) is 4. The highest BCUT2D eigenvalue weighted by molar-refractivity contribution is 5.82. The summed E-state index contributed by atoms with van der Waals surface area (Å²) in [5.41, 5.74) is 1.87. The highest BCUT2D eigenvalue weighted by atomic mass is 16.6. The molecule has 3 aliphatic rings. The third-order valence-electron chi connectivity index (χ3n) is 6.83. The smallest absolute Gasteiger partial charge is 0.269 e. The van der Waals surface area contributed by atoms with Gasteiger partial charge >= 0.3 is 0 Å². The molecule has 0 spiro atoms. The van der Waals surface area contributed by atoms with Gasteiger partial charge in [-0.1, -0.05) is 13.8 Å². The predicted molar refractivity (Wildman–Crippen MR) is 122 cm³/mol. The lowest BCUT2D eigenvalue weighted by Gasteiger charge is -2.49. The molecular formula is C23H33N5O4. The third-order valence-corrected chi connectivity index (χ3v) is 6.83. The van der Waals surface area contributed by atoms with Gasteiger partial charge in [-0.05, 0) is 36.8 Å². The number of nitrogens with one attached hydrogen (secondary N) is 1. The Morgan fingerprint density at radius 1 is 1.19 bits per heavy atom. The molecular weight excluding hydrogens is 410 g/mol. The summed E-state index contributed by atoms with van der Waals surface area (Å²) in [6.45, 7) is 8.83. The normalized spacial score (nSPS) is 23.1. The summed E-state index contributed by atoms with van der Waals surface area (Å²) in [5, 5.41) is 14.3. The molecule has 9 heteroatoms. The van der Waals surface area contributed by atoms with Crippen molar-refractivity contribution in [1.29, 1.82) is 0 Å². The Kier molecular flexibility index (Phi) is 6.64. The van der Waals surface area contributed by atoms with Crippen LogP contribution in [0.15, 0.2) is 18.2 Å². The molecule has 2 amide bonds. The highest BCUT2D eigenvalue weighted by Crippen LogP contribution is 2.38. The number of hydrogen-bond acceptors (Lipinski definition) is 6. The van der Waals surface area contributed by atoms with Gasteiger partial charge in [0.1, 0.15) is 0 Å². The molecule has 1 N–H and O–H groups in total. The van der Waals surface area contributed by atoms with Crippen molar-refractivity contribution in [1.82, 2.24) is 15.1 Å². The van der Waals surface area contributed by atoms with Crippen LogP contribution in [0, 0.1) is 22.0 Å². The molecule has 0 aromatic heterocycles. The van der Waals surface area contributed by atoms with E-state index >= 15 is 0 Å². The number of carbonyl (C=O) groups excluding carboxylic acids is 2. The minimum Gasteiger partial charge on any atom is -0.365 e. The Morgan fingerprint density at radius 3 is 2.62 bits per heavy atom. The van der Waals surface area contributed by atoms with Gasteiger partial charge < -0.3 is 15.1 Å². The average molecular weight is 444 g/mol. The summed E-state index contributed by atoms with van der Waals surface area (Å²) < 4.78 is 0. The van der Waals surface area contributed by atoms with Crippen molar-refractivity contribution >= 4 is 23.2 Å². The van der Waals surface area contributed by atoms with Gasteiger partial charge in [-0.15, -0.1) is 0 Å². The average Bonchev–Trinajstić information content (AvgIpc) is 3.31. The molecule has 3 heterocycles. The molecule has 32 heavy (non-hydrogen) atoms. The summed E-state index contributed by atoms with van der Waals surface area (Å²) in [4.78, 5) is 43.1. The van der Waals surface area contributed by atoms with Crippen molar-refractivity contribution < 1.29 is 14.5 Å². The number of non-ortho nitro benzene ring substituents is 1. The first-order chi connectivity index (χ1) is 15.3. The second-order valence-corrected chi connectivity index (χ2v) is 9.60. The third kappa shape index (κ3) is 4.72. The molecule has 0 aliphatic carbocycles. The number of nitro groups is 1. The van der Waals surface area contributed by atoms with Crippen molar-refractivity contribution in [3.05, 3.63) is 33.9 Å². The maximum Gasteiger partial charge on any atom is 0.269 e. The molecule has 9 nitrogen and oxygen atoms in total. The summed E-state index contributed by atoms with van der Waals surface area (Å²) in [6, 6.07) is 4.90. The van der Waals surface area contributed by atoms with E-state index in [9.17, 15) is 19.7 Å². The Balaban J connectivity index is 1.55. The molecule has 174 valence electrons. The Labute approximate surface area is 188 Å². The molecule has 2 saturated heterocycles. The number of hydrogen-bond donors (Lipinski definition) is 1. The lowest BCUT2D eigenvalue weighted by atomic mass is 9.83. The van der Waals surface area contributed by atoms with E-state index < -0.39 is 0 Å². The summed E-state index contributed by atoms with van der Waals surface area (Å²) in [6.07, 6.45) is 2.61. The monoisotopic (exact) mass is 443 g/mol. The van der Waals surface area contributed by atoms with Crippen LogP contribution in [0.5, 0.6) is 0 Å². The molecule has 0 saturated carbocycles. The molecule has 0 bridgehead atoms. The quantitative estimate of drug-likeness (QED) is 0.530. The van der Waals surface area contributed by atoms with Crippen molar-refractivity contribution in [2.45, 2.75) is 39.2 Å². The van der Waals surface area contributed by atoms with Crippen LogP contribution in [0.1, 0.15) is 32.3 Å². The number of rotatable bonds is 6. The Bertz CT molecular complexity index is 883. The summed E-state index contributed by atoms with van der Waals surface area (Å²) in [5.74, 6) is 0.183. The van der Waals surface area contributed by atoms with Crippen LogP contribution in [0.25, 0.3) is 0 Å². The largest absolute Gasteiger partial charge is 0.365 e. The SMILES string of the molecule is CC(C)CNC(=O)[C@@H]1Cc2cc([N+](=O)[O-])ccc2N2CCN(CC(=O)N3CCCC3)C[C@H]12. The number of amides is 2. The lowest BCUT2D eigenvalue weighted by molar-refractivity contribution is -0.384. The van der Waals surface area contributed by atoms with Crippen LogP contribution in [0.4, 0.5) is 11.4 Å². The maximum atomic E-state index is 13.2. The van der Waals surface area contributed by atoms with Crippen LogP contribution in [0.3, 0.4) is 0 Å². The van der Waals surface area contributed by atoms with E-state index in [0.29, 0.717) is 38.5 Å². The van der Waals surface area contributed by atoms with Gasteiger partial charge in [0, 0.05) is 57.1 Å². The van der Waals surface area contributed by atoms with Crippen LogP contribution < -0.4 is 10.2 Å². The van der Waals surface area contributed by atoms with E-state index in [4.69, 9.17) is 0 Å². The Morgan fingerprint density at radius 2 is 1.94 bits per heavy atom. The van der Waals surface area contributed by atoms with Gasteiger partial charge in [0.05, 0.1) is 23.4 Å². The van der Waals surface area contributed by atoms with Gasteiger partial charge in [0.2, 0.25) is 11.8 Å². The topological polar surface area (TPSA) is 99.0 Å². The van der Waals surface area contributed by atoms with Crippen LogP contribution in [-0.4, -0.2) is 78.4 Å². The molecule has 1 aromatic carbocycles. The number of likely N-dealkylation sites (tertiary alicyclic amines) is 1. The van der Waals surface area contributed by atoms with E-state index in [1.807, 2.05) is 11.0 Å². The van der Waals surface area contributed by atoms with E-state index in [-0.39, 0.29) is 34.4 Å². The fraction of sp³-hybridized carbons (Fsp3) is 0.652. The van der Waals surface area contributed by atoms with E-state index in [1.165, 1.54) is 0 Å². The second-order valence-electron chi connectivity index (χ2n) is 9.60. The molecule has 4 rings (SSSR count). The number of fused-ring (bicyclic) bond motifs is 3. The van der Waals surface area contributed by atoms with E-state index in [2.05, 4.69) is 29.0 Å². The maximum absolute atomic E-state index is 13.2. The van der Waals surface area contributed by atoms with Crippen LogP contribution >= 0.6 is 0 Å². The lowest BCUT2D eigenvalue weighted by Crippen LogP contribution is -2.62. The van der Waals surface area contributed by atoms with Gasteiger partial charge in [0.25, 0.3) is 5.69 Å². The van der Waals surface area contributed by atoms with Gasteiger partial charge in [-0.25, -0.2) is 0 Å². The molecule has 0 radical (unpaired) electrons. The standard InChI is InChI=1S/C23H33N5O4/c1-16(2)13-24-23(30)19-12-17-11-18(28(31)32)5-6-20(17)27-10-9-25(14-21(19)27)15-22(29)26-7-3-4-8-26/h5-6,11,16,19,21H,3-4,7-10,12-15H2,1-2H3,(H,24,30)/t19-,21-/m1/s1. The van der Waals surface area contributed by atoms with Crippen LogP contribution in [-0.2, 0) is 16.0 Å². The zero-order valence-electron chi connectivity index (χ0n) is 19.0. The van der Waals surface area contributed by atoms with Gasteiger partial charge in [-0.2, -0.15) is 0 Å². The number of benzene rings is 1. The van der Waals surface area contributed by atoms with E-state index in [1.54, 1.807) is 12.1 Å². The number of nitro benzene ring substituents is 1. The molecule has 1 aromatic rings. The van der Waals surface area contributed by atoms with Crippen LogP contribution in [0.2, 0.25) is 0 Å². The number of piperazine rings is 1. The molecule has 0 unspecified atom stereocenters. The minimum absolute atomic E-state index is 0.0152. The summed E-state index contributed by atoms with van der Waals surface area (Å²) in [7, 11) is 0. The van der Waals surface area contributed by atoms with Crippen molar-refractivity contribution in [2.75, 3.05) is 50.7 Å². The first-order valence-corrected chi connectivity index (χ1v) is 11.6. The predicted octanol–water partition coefficient (Wildman–Crippen LogP) is 1.65. The fourth-order valence-electron chi connectivity index (χ4n) is 5.12. The van der Waals surface area contributed by atoms with Crippen molar-refractivity contribution in [3.8, 4) is 0 Å². The second kappa shape index (κ2) is 9.44. The Hall–Kier alpha value is -2.68. The zero-order valence-corrected chi connectivity index (χ0v) is 19.0. The minimum atomic E-state index is -0.387. The number of carbonyl (C=O) groups is 2. The molecule has 2 fully saturated rings. The van der Waals surface area contributed by atoms with E-state index in [0.717, 1.165) is 43.7 Å². The fourth-order valence-corrected chi connectivity index (χ4v) is 5.12. The number of anilines is 1. The van der Waals surface area contributed by atoms with Gasteiger partial charge in [-0.3, -0.25) is 24.6 Å². The summed E-state index contributed by atoms with van der Waals surface area (Å²) >= 11 is 0. The molecule has 2 atom stereocenters. The highest BCUT2D eigenvalue weighted by Gasteiger charge is 2.42. The van der Waals surface area contributed by atoms with Crippen molar-refractivity contribution in [2.24, 2.45) is 11.8 Å². The van der Waals surface area contributed by atoms with Crippen molar-refractivity contribution in [3.63, 3.8) is 0 Å². The first-order valence-electron chi connectivity index (χ1n) is 11.6.